The molecule has 2 N–H and O–H groups in total. The van der Waals surface area contributed by atoms with Crippen LogP contribution in [0.4, 0.5) is 0 Å². The molecule has 0 aromatic heterocycles. The predicted octanol–water partition coefficient (Wildman–Crippen LogP) is 0.491. The van der Waals surface area contributed by atoms with E-state index in [9.17, 15) is 9.59 Å². The molecule has 2 aliphatic rings. The van der Waals surface area contributed by atoms with E-state index in [1.807, 2.05) is 0 Å². The third kappa shape index (κ3) is 1.86. The minimum absolute atomic E-state index is 0.0108. The summed E-state index contributed by atoms with van der Waals surface area (Å²) in [7, 11) is 0. The molecule has 1 fully saturated rings. The first kappa shape index (κ1) is 10.5. The van der Waals surface area contributed by atoms with Gasteiger partial charge in [0.1, 0.15) is 11.6 Å². The lowest BCUT2D eigenvalue weighted by atomic mass is 9.90. The Morgan fingerprint density at radius 3 is 2.73 bits per heavy atom. The average molecular weight is 229 g/mol. The molecule has 0 saturated carbocycles. The number of carbonyl (C=O) groups is 2. The van der Waals surface area contributed by atoms with E-state index in [0.29, 0.717) is 6.42 Å². The molecule has 0 aliphatic carbocycles. The average Bonchev–Trinajstić information content (AvgIpc) is 2.61. The molecule has 5 nitrogen and oxygen atoms in total. The Morgan fingerprint density at radius 2 is 2.13 bits per heavy atom. The van der Waals surface area contributed by atoms with Crippen molar-refractivity contribution in [3.05, 3.63) is 0 Å². The van der Waals surface area contributed by atoms with Crippen molar-refractivity contribution < 1.29 is 19.8 Å². The number of aliphatic carboxylic acids is 2. The van der Waals surface area contributed by atoms with Gasteiger partial charge in [0, 0.05) is 5.25 Å². The van der Waals surface area contributed by atoms with Gasteiger partial charge in [-0.05, 0) is 18.6 Å². The van der Waals surface area contributed by atoms with Crippen molar-refractivity contribution in [1.82, 2.24) is 0 Å². The molecule has 0 spiro atoms. The Labute approximate surface area is 90.6 Å². The highest BCUT2D eigenvalue weighted by atomic mass is 32.2. The van der Waals surface area contributed by atoms with E-state index in [4.69, 9.17) is 10.2 Å². The second-order valence-corrected chi connectivity index (χ2v) is 5.06. The van der Waals surface area contributed by atoms with Gasteiger partial charge in [-0.25, -0.2) is 4.79 Å². The summed E-state index contributed by atoms with van der Waals surface area (Å²) in [6, 6.07) is 0.0108. The van der Waals surface area contributed by atoms with E-state index in [0.717, 1.165) is 12.2 Å². The van der Waals surface area contributed by atoms with Crippen LogP contribution in [0.3, 0.4) is 0 Å². The van der Waals surface area contributed by atoms with Crippen LogP contribution in [0.25, 0.3) is 0 Å². The molecule has 82 valence electrons. The fraction of sp³-hybridized carbons (Fsp3) is 0.667. The zero-order valence-corrected chi connectivity index (χ0v) is 8.74. The van der Waals surface area contributed by atoms with Gasteiger partial charge in [-0.15, -0.1) is 0 Å². The number of carboxylic acid groups (broad SMARTS) is 2. The summed E-state index contributed by atoms with van der Waals surface area (Å²) < 4.78 is 0. The van der Waals surface area contributed by atoms with Crippen molar-refractivity contribution >= 4 is 29.4 Å². The molecule has 0 aromatic carbocycles. The zero-order chi connectivity index (χ0) is 11.0. The molecule has 1 saturated heterocycles. The first-order chi connectivity index (χ1) is 7.09. The molecular weight excluding hydrogens is 218 g/mol. The molecule has 15 heavy (non-hydrogen) atoms. The van der Waals surface area contributed by atoms with E-state index in [-0.39, 0.29) is 17.0 Å². The van der Waals surface area contributed by atoms with Gasteiger partial charge in [0.2, 0.25) is 0 Å². The molecule has 2 rings (SSSR count). The fourth-order valence-electron chi connectivity index (χ4n) is 2.04. The Kier molecular flexibility index (Phi) is 2.68. The van der Waals surface area contributed by atoms with Crippen molar-refractivity contribution in [2.24, 2.45) is 10.9 Å². The summed E-state index contributed by atoms with van der Waals surface area (Å²) in [5, 5.41) is 18.0. The summed E-state index contributed by atoms with van der Waals surface area (Å²) in [6.07, 6.45) is 1.26. The van der Waals surface area contributed by atoms with E-state index in [1.165, 1.54) is 0 Å². The summed E-state index contributed by atoms with van der Waals surface area (Å²) in [5.41, 5.74) is -0.175. The Hall–Kier alpha value is -1.04. The minimum Gasteiger partial charge on any atom is -0.481 e. The van der Waals surface area contributed by atoms with Crippen molar-refractivity contribution in [1.29, 1.82) is 0 Å². The van der Waals surface area contributed by atoms with Gasteiger partial charge in [0.25, 0.3) is 0 Å². The number of fused-ring (bicyclic) bond motifs is 1. The minimum atomic E-state index is -1.20. The highest BCUT2D eigenvalue weighted by Gasteiger charge is 2.41. The second-order valence-electron chi connectivity index (χ2n) is 3.71. The zero-order valence-electron chi connectivity index (χ0n) is 7.92. The van der Waals surface area contributed by atoms with Crippen LogP contribution in [-0.2, 0) is 9.59 Å². The quantitative estimate of drug-likeness (QED) is 0.719. The highest BCUT2D eigenvalue weighted by molar-refractivity contribution is 8.00. The molecule has 0 bridgehead atoms. The third-order valence-corrected chi connectivity index (χ3v) is 4.20. The Balaban J connectivity index is 2.29. The van der Waals surface area contributed by atoms with Crippen molar-refractivity contribution in [2.75, 3.05) is 5.75 Å². The molecule has 0 amide bonds. The monoisotopic (exact) mass is 229 g/mol. The molecule has 6 heteroatoms. The van der Waals surface area contributed by atoms with E-state index in [1.54, 1.807) is 11.8 Å². The number of aliphatic imine (C=N–C) groups is 1. The van der Waals surface area contributed by atoms with Crippen LogP contribution in [0, 0.1) is 5.92 Å². The summed E-state index contributed by atoms with van der Waals surface area (Å²) >= 11 is 1.70. The SMILES string of the molecule is O=C(O)C1=NC2CCSC2CC1C(=O)O. The van der Waals surface area contributed by atoms with Gasteiger partial charge in [0.05, 0.1) is 6.04 Å². The van der Waals surface area contributed by atoms with Crippen molar-refractivity contribution in [3.8, 4) is 0 Å². The van der Waals surface area contributed by atoms with Crippen molar-refractivity contribution in [2.45, 2.75) is 24.1 Å². The number of rotatable bonds is 2. The lowest BCUT2D eigenvalue weighted by Gasteiger charge is -2.25. The van der Waals surface area contributed by atoms with Crippen LogP contribution in [0.5, 0.6) is 0 Å². The molecule has 0 aromatic rings. The molecule has 3 atom stereocenters. The van der Waals surface area contributed by atoms with Crippen LogP contribution in [0.1, 0.15) is 12.8 Å². The van der Waals surface area contributed by atoms with Crippen LogP contribution in [0.2, 0.25) is 0 Å². The second kappa shape index (κ2) is 3.84. The maximum atomic E-state index is 10.9. The summed E-state index contributed by atoms with van der Waals surface area (Å²) in [5.74, 6) is -2.27. The number of hydrogen-bond donors (Lipinski definition) is 2. The lowest BCUT2D eigenvalue weighted by molar-refractivity contribution is -0.141. The van der Waals surface area contributed by atoms with Crippen LogP contribution in [0.15, 0.2) is 4.99 Å². The molecule has 2 aliphatic heterocycles. The number of thioether (sulfide) groups is 1. The van der Waals surface area contributed by atoms with E-state index < -0.39 is 17.9 Å². The van der Waals surface area contributed by atoms with Crippen LogP contribution in [-0.4, -0.2) is 44.9 Å². The van der Waals surface area contributed by atoms with Crippen molar-refractivity contribution in [3.63, 3.8) is 0 Å². The number of carboxylic acids is 2. The smallest absolute Gasteiger partial charge is 0.350 e. The maximum Gasteiger partial charge on any atom is 0.350 e. The van der Waals surface area contributed by atoms with Gasteiger partial charge in [0.15, 0.2) is 0 Å². The predicted molar refractivity (Wildman–Crippen MR) is 55.5 cm³/mol. The van der Waals surface area contributed by atoms with E-state index in [2.05, 4.69) is 4.99 Å². The van der Waals surface area contributed by atoms with Gasteiger partial charge in [-0.2, -0.15) is 11.8 Å². The molecular formula is C9H11NO4S. The van der Waals surface area contributed by atoms with E-state index >= 15 is 0 Å². The van der Waals surface area contributed by atoms with Gasteiger partial charge in [-0.1, -0.05) is 0 Å². The highest BCUT2D eigenvalue weighted by Crippen LogP contribution is 2.37. The van der Waals surface area contributed by atoms with Gasteiger partial charge < -0.3 is 10.2 Å². The standard InChI is InChI=1S/C9H11NO4S/c11-8(12)4-3-6-5(1-2-15-6)10-7(4)9(13)14/h4-6H,1-3H2,(H,11,12)(H,13,14). The van der Waals surface area contributed by atoms with Crippen LogP contribution >= 0.6 is 11.8 Å². The Bertz CT molecular complexity index is 341. The summed E-state index contributed by atoms with van der Waals surface area (Å²) in [6.45, 7) is 0. The maximum absolute atomic E-state index is 10.9. The third-order valence-electron chi connectivity index (χ3n) is 2.79. The summed E-state index contributed by atoms with van der Waals surface area (Å²) in [4.78, 5) is 25.8. The van der Waals surface area contributed by atoms with Gasteiger partial charge >= 0.3 is 11.9 Å². The number of nitrogens with zero attached hydrogens (tertiary/aromatic N) is 1. The molecule has 0 radical (unpaired) electrons. The first-order valence-electron chi connectivity index (χ1n) is 4.75. The van der Waals surface area contributed by atoms with Gasteiger partial charge in [-0.3, -0.25) is 9.79 Å². The molecule has 2 heterocycles. The Morgan fingerprint density at radius 1 is 1.40 bits per heavy atom. The lowest BCUT2D eigenvalue weighted by Crippen LogP contribution is -2.39. The number of hydrogen-bond acceptors (Lipinski definition) is 4. The largest absolute Gasteiger partial charge is 0.481 e. The molecule has 3 unspecified atom stereocenters. The fourth-order valence-corrected chi connectivity index (χ4v) is 3.47. The van der Waals surface area contributed by atoms with Crippen LogP contribution < -0.4 is 0 Å². The topological polar surface area (TPSA) is 87.0 Å². The first-order valence-corrected chi connectivity index (χ1v) is 5.80. The normalized spacial score (nSPS) is 34.4.